The molecule has 0 fully saturated rings. The summed E-state index contributed by atoms with van der Waals surface area (Å²) in [6, 6.07) is 6.11. The van der Waals surface area contributed by atoms with Gasteiger partial charge in [0.15, 0.2) is 0 Å². The number of alkyl carbamates (subject to hydrolysis) is 1. The first-order valence-corrected chi connectivity index (χ1v) is 14.9. The van der Waals surface area contributed by atoms with Gasteiger partial charge in [-0.3, -0.25) is 9.59 Å². The molecule has 3 amide bonds. The fourth-order valence-electron chi connectivity index (χ4n) is 4.32. The molecule has 3 unspecified atom stereocenters. The van der Waals surface area contributed by atoms with Crippen LogP contribution in [-0.2, 0) is 20.7 Å². The molecule has 0 aliphatic heterocycles. The van der Waals surface area contributed by atoms with Crippen LogP contribution in [0.2, 0.25) is 0 Å². The zero-order chi connectivity index (χ0) is 28.7. The molecule has 1 rings (SSSR count). The van der Waals surface area contributed by atoms with E-state index in [2.05, 4.69) is 44.0 Å². The number of carbonyl (C=O) groups is 3. The smallest absolute Gasteiger partial charge is 0.408 e. The third-order valence-electron chi connectivity index (χ3n) is 6.33. The quantitative estimate of drug-likeness (QED) is 0.169. The predicted molar refractivity (Wildman–Crippen MR) is 159 cm³/mol. The van der Waals surface area contributed by atoms with Gasteiger partial charge in [-0.15, -0.1) is 0 Å². The molecule has 0 aromatic heterocycles. The fourth-order valence-corrected chi connectivity index (χ4v) is 4.57. The van der Waals surface area contributed by atoms with Crippen LogP contribution in [0.3, 0.4) is 0 Å². The lowest BCUT2D eigenvalue weighted by atomic mass is 9.99. The standard InChI is InChI=1S/C30H51N3O4S/c1-8-11-12-13-14-20-33(28(35)25(21-38)32-29(36)37-30(5,6)7)26(27(34)31-22(4)15-9-2)24-18-16-23(10-3)17-19-24/h16-19,22,25-26,38H,8-15,20-21H2,1-7H3,(H,31,34)(H,32,36). The number of rotatable bonds is 16. The van der Waals surface area contributed by atoms with Crippen LogP contribution in [0.5, 0.6) is 0 Å². The van der Waals surface area contributed by atoms with Crippen LogP contribution in [0.4, 0.5) is 4.79 Å². The molecule has 0 aliphatic carbocycles. The van der Waals surface area contributed by atoms with Gasteiger partial charge in [-0.1, -0.05) is 77.1 Å². The maximum absolute atomic E-state index is 14.0. The Kier molecular flexibility index (Phi) is 15.5. The van der Waals surface area contributed by atoms with Gasteiger partial charge in [-0.05, 0) is 58.1 Å². The number of unbranched alkanes of at least 4 members (excludes halogenated alkanes) is 4. The Morgan fingerprint density at radius 1 is 0.947 bits per heavy atom. The first-order valence-electron chi connectivity index (χ1n) is 14.3. The second-order valence-corrected chi connectivity index (χ2v) is 11.4. The number of nitrogens with zero attached hydrogens (tertiary/aromatic N) is 1. The Labute approximate surface area is 236 Å². The summed E-state index contributed by atoms with van der Waals surface area (Å²) in [4.78, 5) is 41.9. The highest BCUT2D eigenvalue weighted by molar-refractivity contribution is 7.80. The zero-order valence-corrected chi connectivity index (χ0v) is 25.5. The zero-order valence-electron chi connectivity index (χ0n) is 24.6. The highest BCUT2D eigenvalue weighted by atomic mass is 32.1. The van der Waals surface area contributed by atoms with Crippen molar-refractivity contribution in [3.63, 3.8) is 0 Å². The Morgan fingerprint density at radius 3 is 2.11 bits per heavy atom. The van der Waals surface area contributed by atoms with E-state index in [0.29, 0.717) is 6.54 Å². The van der Waals surface area contributed by atoms with Crippen LogP contribution in [0, 0.1) is 0 Å². The lowest BCUT2D eigenvalue weighted by molar-refractivity contribution is -0.142. The molecule has 8 heteroatoms. The minimum atomic E-state index is -0.929. The SMILES string of the molecule is CCCCCCCN(C(=O)C(CS)NC(=O)OC(C)(C)C)C(C(=O)NC(C)CCC)c1ccc(CC)cc1. The Morgan fingerprint density at radius 2 is 1.58 bits per heavy atom. The van der Waals surface area contributed by atoms with Gasteiger partial charge >= 0.3 is 6.09 Å². The van der Waals surface area contributed by atoms with E-state index in [0.717, 1.165) is 62.5 Å². The number of thiol groups is 1. The van der Waals surface area contributed by atoms with Crippen molar-refractivity contribution < 1.29 is 19.1 Å². The minimum absolute atomic E-state index is 0.0213. The normalized spacial score (nSPS) is 13.8. The van der Waals surface area contributed by atoms with Crippen LogP contribution >= 0.6 is 12.6 Å². The molecule has 0 saturated heterocycles. The second-order valence-electron chi connectivity index (χ2n) is 11.0. The van der Waals surface area contributed by atoms with Gasteiger partial charge in [0.2, 0.25) is 11.8 Å². The van der Waals surface area contributed by atoms with Crippen LogP contribution in [0.25, 0.3) is 0 Å². The van der Waals surface area contributed by atoms with E-state index in [1.165, 1.54) is 0 Å². The molecule has 1 aromatic carbocycles. The third kappa shape index (κ3) is 12.1. The lowest BCUT2D eigenvalue weighted by Crippen LogP contribution is -2.54. The van der Waals surface area contributed by atoms with Crippen molar-refractivity contribution in [1.82, 2.24) is 15.5 Å². The number of aryl methyl sites for hydroxylation is 1. The van der Waals surface area contributed by atoms with E-state index in [-0.39, 0.29) is 23.6 Å². The summed E-state index contributed by atoms with van der Waals surface area (Å²) in [5, 5.41) is 5.80. The summed E-state index contributed by atoms with van der Waals surface area (Å²) in [5.41, 5.74) is 1.21. The topological polar surface area (TPSA) is 87.7 Å². The van der Waals surface area contributed by atoms with Crippen molar-refractivity contribution >= 4 is 30.5 Å². The summed E-state index contributed by atoms with van der Waals surface area (Å²) >= 11 is 4.37. The summed E-state index contributed by atoms with van der Waals surface area (Å²) in [6.07, 6.45) is 7.02. The number of hydrogen-bond acceptors (Lipinski definition) is 5. The predicted octanol–water partition coefficient (Wildman–Crippen LogP) is 6.22. The maximum atomic E-state index is 14.0. The second kappa shape index (κ2) is 17.4. The fraction of sp³-hybridized carbons (Fsp3) is 0.700. The molecule has 216 valence electrons. The van der Waals surface area contributed by atoms with Crippen LogP contribution in [-0.4, -0.2) is 52.8 Å². The number of nitrogens with one attached hydrogen (secondary N) is 2. The molecule has 38 heavy (non-hydrogen) atoms. The van der Waals surface area contributed by atoms with Crippen molar-refractivity contribution in [1.29, 1.82) is 0 Å². The number of hydrogen-bond donors (Lipinski definition) is 3. The van der Waals surface area contributed by atoms with E-state index in [4.69, 9.17) is 4.74 Å². The van der Waals surface area contributed by atoms with E-state index < -0.39 is 23.8 Å². The van der Waals surface area contributed by atoms with E-state index in [9.17, 15) is 14.4 Å². The molecular weight excluding hydrogens is 498 g/mol. The van der Waals surface area contributed by atoms with Gasteiger partial charge in [0.05, 0.1) is 0 Å². The Balaban J connectivity index is 3.39. The van der Waals surface area contributed by atoms with Gasteiger partial charge in [-0.25, -0.2) is 4.79 Å². The van der Waals surface area contributed by atoms with Crippen molar-refractivity contribution in [2.45, 2.75) is 124 Å². The van der Waals surface area contributed by atoms with Gasteiger partial charge in [0.1, 0.15) is 17.7 Å². The Hall–Kier alpha value is -2.22. The first-order chi connectivity index (χ1) is 18.0. The van der Waals surface area contributed by atoms with Gasteiger partial charge in [0.25, 0.3) is 0 Å². The van der Waals surface area contributed by atoms with Crippen LogP contribution < -0.4 is 10.6 Å². The van der Waals surface area contributed by atoms with Gasteiger partial charge < -0.3 is 20.3 Å². The highest BCUT2D eigenvalue weighted by Crippen LogP contribution is 2.25. The molecule has 7 nitrogen and oxygen atoms in total. The third-order valence-corrected chi connectivity index (χ3v) is 6.70. The van der Waals surface area contributed by atoms with Crippen molar-refractivity contribution in [2.75, 3.05) is 12.3 Å². The average Bonchev–Trinajstić information content (AvgIpc) is 2.85. The minimum Gasteiger partial charge on any atom is -0.444 e. The maximum Gasteiger partial charge on any atom is 0.408 e. The van der Waals surface area contributed by atoms with E-state index in [1.807, 2.05) is 31.2 Å². The molecule has 0 aliphatic rings. The van der Waals surface area contributed by atoms with E-state index >= 15 is 0 Å². The number of benzene rings is 1. The summed E-state index contributed by atoms with van der Waals surface area (Å²) in [6.45, 7) is 14.0. The number of ether oxygens (including phenoxy) is 1. The lowest BCUT2D eigenvalue weighted by Gasteiger charge is -2.35. The molecule has 3 atom stereocenters. The monoisotopic (exact) mass is 549 g/mol. The molecule has 0 radical (unpaired) electrons. The van der Waals surface area contributed by atoms with Crippen LogP contribution in [0.15, 0.2) is 24.3 Å². The summed E-state index contributed by atoms with van der Waals surface area (Å²) in [5.74, 6) is -0.476. The number of amides is 3. The Bertz CT molecular complexity index is 854. The summed E-state index contributed by atoms with van der Waals surface area (Å²) in [7, 11) is 0. The molecular formula is C30H51N3O4S. The largest absolute Gasteiger partial charge is 0.444 e. The van der Waals surface area contributed by atoms with Gasteiger partial charge in [0, 0.05) is 18.3 Å². The van der Waals surface area contributed by atoms with Crippen molar-refractivity contribution in [3.05, 3.63) is 35.4 Å². The molecule has 0 bridgehead atoms. The van der Waals surface area contributed by atoms with E-state index in [1.54, 1.807) is 25.7 Å². The highest BCUT2D eigenvalue weighted by Gasteiger charge is 2.36. The first kappa shape index (κ1) is 33.8. The molecule has 0 spiro atoms. The number of carbonyl (C=O) groups excluding carboxylic acids is 3. The molecule has 0 saturated carbocycles. The molecule has 1 aromatic rings. The summed E-state index contributed by atoms with van der Waals surface area (Å²) < 4.78 is 5.39. The van der Waals surface area contributed by atoms with Crippen molar-refractivity contribution in [3.8, 4) is 0 Å². The van der Waals surface area contributed by atoms with Crippen LogP contribution in [0.1, 0.15) is 111 Å². The molecule has 0 heterocycles. The van der Waals surface area contributed by atoms with Gasteiger partial charge in [-0.2, -0.15) is 12.6 Å². The average molecular weight is 550 g/mol. The van der Waals surface area contributed by atoms with Crippen molar-refractivity contribution in [2.24, 2.45) is 0 Å². The molecule has 2 N–H and O–H groups in total.